The van der Waals surface area contributed by atoms with Gasteiger partial charge in [0.2, 0.25) is 0 Å². The number of carbonyl (C=O) groups is 1. The highest BCUT2D eigenvalue weighted by atomic mass is 32.1. The second-order valence-electron chi connectivity index (χ2n) is 6.94. The number of nitrogens with zero attached hydrogens (tertiary/aromatic N) is 3. The molecule has 3 rings (SSSR count). The summed E-state index contributed by atoms with van der Waals surface area (Å²) in [6.45, 7) is 12.6. The molecular formula is C17H25N3O2S. The van der Waals surface area contributed by atoms with Crippen LogP contribution in [0.15, 0.2) is 6.07 Å². The predicted molar refractivity (Wildman–Crippen MR) is 93.1 cm³/mol. The van der Waals surface area contributed by atoms with Gasteiger partial charge in [0.05, 0.1) is 29.3 Å². The summed E-state index contributed by atoms with van der Waals surface area (Å²) in [5, 5.41) is 5.72. The van der Waals surface area contributed by atoms with E-state index in [2.05, 4.69) is 18.9 Å². The summed E-state index contributed by atoms with van der Waals surface area (Å²) in [4.78, 5) is 16.8. The number of fused-ring (bicyclic) bond motifs is 1. The molecule has 2 unspecified atom stereocenters. The SMILES string of the molecule is Cc1nn(CC(C)C)c2sc(C(=O)N3CC(C)OCC3C)cc12. The standard InChI is InChI=1S/C17H25N3O2S/c1-10(2)7-20-17-14(13(5)18-20)6-15(23-17)16(21)19-8-12(4)22-9-11(19)3/h6,10-12H,7-9H2,1-5H3. The van der Waals surface area contributed by atoms with E-state index in [1.165, 1.54) is 0 Å². The first kappa shape index (κ1) is 16.5. The quantitative estimate of drug-likeness (QED) is 0.864. The Labute approximate surface area is 141 Å². The molecule has 1 aliphatic heterocycles. The number of thiophene rings is 1. The summed E-state index contributed by atoms with van der Waals surface area (Å²) < 4.78 is 7.67. The van der Waals surface area contributed by atoms with E-state index in [0.29, 0.717) is 19.1 Å². The van der Waals surface area contributed by atoms with E-state index in [1.54, 1.807) is 11.3 Å². The van der Waals surface area contributed by atoms with Gasteiger partial charge in [-0.1, -0.05) is 13.8 Å². The van der Waals surface area contributed by atoms with Crippen molar-refractivity contribution in [1.82, 2.24) is 14.7 Å². The van der Waals surface area contributed by atoms with Crippen LogP contribution in [-0.4, -0.2) is 45.9 Å². The summed E-state index contributed by atoms with van der Waals surface area (Å²) in [5.41, 5.74) is 0.999. The van der Waals surface area contributed by atoms with Crippen molar-refractivity contribution in [2.45, 2.75) is 53.3 Å². The molecule has 0 saturated carbocycles. The minimum atomic E-state index is 0.0997. The number of rotatable bonds is 3. The first-order valence-electron chi connectivity index (χ1n) is 8.26. The summed E-state index contributed by atoms with van der Waals surface area (Å²) in [6, 6.07) is 2.13. The molecule has 0 bridgehead atoms. The molecule has 5 nitrogen and oxygen atoms in total. The average molecular weight is 335 g/mol. The largest absolute Gasteiger partial charge is 0.375 e. The van der Waals surface area contributed by atoms with Crippen LogP contribution in [0.2, 0.25) is 0 Å². The Bertz CT molecular complexity index is 719. The number of hydrogen-bond acceptors (Lipinski definition) is 4. The summed E-state index contributed by atoms with van der Waals surface area (Å²) in [5.74, 6) is 0.642. The zero-order chi connectivity index (χ0) is 16.7. The van der Waals surface area contributed by atoms with Crippen molar-refractivity contribution in [2.24, 2.45) is 5.92 Å². The van der Waals surface area contributed by atoms with Crippen LogP contribution in [-0.2, 0) is 11.3 Å². The molecule has 2 aromatic heterocycles. The fourth-order valence-corrected chi connectivity index (χ4v) is 4.14. The van der Waals surface area contributed by atoms with Crippen LogP contribution in [0.25, 0.3) is 10.2 Å². The average Bonchev–Trinajstić information content (AvgIpc) is 3.03. The third-order valence-electron chi connectivity index (χ3n) is 4.22. The highest BCUT2D eigenvalue weighted by molar-refractivity contribution is 7.20. The Morgan fingerprint density at radius 2 is 2.22 bits per heavy atom. The number of amides is 1. The van der Waals surface area contributed by atoms with E-state index in [9.17, 15) is 4.79 Å². The highest BCUT2D eigenvalue weighted by Gasteiger charge is 2.29. The van der Waals surface area contributed by atoms with Crippen molar-refractivity contribution >= 4 is 27.5 Å². The Hall–Kier alpha value is -1.40. The first-order valence-corrected chi connectivity index (χ1v) is 9.08. The maximum atomic E-state index is 12.9. The van der Waals surface area contributed by atoms with E-state index >= 15 is 0 Å². The van der Waals surface area contributed by atoms with E-state index in [-0.39, 0.29) is 18.1 Å². The van der Waals surface area contributed by atoms with Crippen LogP contribution >= 0.6 is 11.3 Å². The van der Waals surface area contributed by atoms with Gasteiger partial charge in [-0.05, 0) is 32.8 Å². The van der Waals surface area contributed by atoms with Crippen LogP contribution in [0.5, 0.6) is 0 Å². The van der Waals surface area contributed by atoms with Gasteiger partial charge in [-0.25, -0.2) is 0 Å². The lowest BCUT2D eigenvalue weighted by atomic mass is 10.2. The number of carbonyl (C=O) groups excluding carboxylic acids is 1. The van der Waals surface area contributed by atoms with Crippen LogP contribution < -0.4 is 0 Å². The molecule has 0 aromatic carbocycles. The zero-order valence-corrected chi connectivity index (χ0v) is 15.3. The fourth-order valence-electron chi connectivity index (χ4n) is 3.02. The van der Waals surface area contributed by atoms with Crippen molar-refractivity contribution in [2.75, 3.05) is 13.2 Å². The Morgan fingerprint density at radius 3 is 2.91 bits per heavy atom. The molecule has 23 heavy (non-hydrogen) atoms. The smallest absolute Gasteiger partial charge is 0.264 e. The molecule has 0 radical (unpaired) electrons. The number of aryl methyl sites for hydroxylation is 1. The molecule has 1 aliphatic rings. The second-order valence-corrected chi connectivity index (χ2v) is 7.97. The van der Waals surface area contributed by atoms with E-state index < -0.39 is 0 Å². The Kier molecular flexibility index (Phi) is 4.47. The summed E-state index contributed by atoms with van der Waals surface area (Å²) in [7, 11) is 0. The summed E-state index contributed by atoms with van der Waals surface area (Å²) >= 11 is 1.56. The first-order chi connectivity index (χ1) is 10.9. The molecule has 0 aliphatic carbocycles. The van der Waals surface area contributed by atoms with Crippen LogP contribution in [0.1, 0.15) is 43.1 Å². The predicted octanol–water partition coefficient (Wildman–Crippen LogP) is 3.31. The van der Waals surface area contributed by atoms with Crippen molar-refractivity contribution in [1.29, 1.82) is 0 Å². The third kappa shape index (κ3) is 3.15. The molecule has 3 heterocycles. The number of morpholine rings is 1. The van der Waals surface area contributed by atoms with Gasteiger partial charge in [0.15, 0.2) is 0 Å². The molecule has 0 N–H and O–H groups in total. The minimum Gasteiger partial charge on any atom is -0.375 e. The van der Waals surface area contributed by atoms with Gasteiger partial charge >= 0.3 is 0 Å². The maximum Gasteiger partial charge on any atom is 0.264 e. The maximum absolute atomic E-state index is 12.9. The van der Waals surface area contributed by atoms with Gasteiger partial charge in [-0.2, -0.15) is 5.10 Å². The monoisotopic (exact) mass is 335 g/mol. The van der Waals surface area contributed by atoms with Crippen LogP contribution in [0, 0.1) is 12.8 Å². The molecule has 1 saturated heterocycles. The highest BCUT2D eigenvalue weighted by Crippen LogP contribution is 2.30. The topological polar surface area (TPSA) is 47.4 Å². The molecular weight excluding hydrogens is 310 g/mol. The van der Waals surface area contributed by atoms with Crippen molar-refractivity contribution in [3.63, 3.8) is 0 Å². The number of ether oxygens (including phenoxy) is 1. The van der Waals surface area contributed by atoms with Gasteiger partial charge in [0, 0.05) is 18.5 Å². The molecule has 2 aromatic rings. The summed E-state index contributed by atoms with van der Waals surface area (Å²) in [6.07, 6.45) is 0.0997. The Balaban J connectivity index is 1.92. The molecule has 6 heteroatoms. The molecule has 0 spiro atoms. The minimum absolute atomic E-state index is 0.0997. The van der Waals surface area contributed by atoms with Crippen LogP contribution in [0.3, 0.4) is 0 Å². The van der Waals surface area contributed by atoms with Gasteiger partial charge in [0.25, 0.3) is 5.91 Å². The molecule has 2 atom stereocenters. The number of hydrogen-bond donors (Lipinski definition) is 0. The van der Waals surface area contributed by atoms with Crippen molar-refractivity contribution < 1.29 is 9.53 Å². The molecule has 1 amide bonds. The third-order valence-corrected chi connectivity index (χ3v) is 5.36. The Morgan fingerprint density at radius 1 is 1.48 bits per heavy atom. The van der Waals surface area contributed by atoms with Crippen LogP contribution in [0.4, 0.5) is 0 Å². The van der Waals surface area contributed by atoms with Crippen molar-refractivity contribution in [3.05, 3.63) is 16.6 Å². The lowest BCUT2D eigenvalue weighted by Crippen LogP contribution is -2.50. The molecule has 126 valence electrons. The normalized spacial score (nSPS) is 22.3. The van der Waals surface area contributed by atoms with Gasteiger partial charge in [-0.15, -0.1) is 11.3 Å². The fraction of sp³-hybridized carbons (Fsp3) is 0.647. The van der Waals surface area contributed by atoms with Gasteiger partial charge in [0.1, 0.15) is 4.83 Å². The number of aromatic nitrogens is 2. The lowest BCUT2D eigenvalue weighted by molar-refractivity contribution is -0.0385. The van der Waals surface area contributed by atoms with E-state index in [4.69, 9.17) is 4.74 Å². The van der Waals surface area contributed by atoms with E-state index in [1.807, 2.05) is 36.4 Å². The molecule has 1 fully saturated rings. The van der Waals surface area contributed by atoms with Crippen molar-refractivity contribution in [3.8, 4) is 0 Å². The second kappa shape index (κ2) is 6.24. The van der Waals surface area contributed by atoms with Gasteiger partial charge in [-0.3, -0.25) is 9.48 Å². The van der Waals surface area contributed by atoms with E-state index in [0.717, 1.165) is 27.3 Å². The zero-order valence-electron chi connectivity index (χ0n) is 14.5. The van der Waals surface area contributed by atoms with Gasteiger partial charge < -0.3 is 9.64 Å². The lowest BCUT2D eigenvalue weighted by Gasteiger charge is -2.36.